The van der Waals surface area contributed by atoms with E-state index in [1.54, 1.807) is 16.2 Å². The van der Waals surface area contributed by atoms with E-state index in [1.807, 2.05) is 48.5 Å². The third kappa shape index (κ3) is 2.74. The molecule has 3 aromatic rings. The third-order valence-electron chi connectivity index (χ3n) is 3.43. The van der Waals surface area contributed by atoms with Gasteiger partial charge in [0.05, 0.1) is 17.6 Å². The summed E-state index contributed by atoms with van der Waals surface area (Å²) in [6.07, 6.45) is 0. The Balaban J connectivity index is 1.80. The van der Waals surface area contributed by atoms with Crippen LogP contribution in [0.3, 0.4) is 0 Å². The summed E-state index contributed by atoms with van der Waals surface area (Å²) >= 11 is 3.41. The zero-order valence-corrected chi connectivity index (χ0v) is 13.2. The SMILES string of the molecule is Cn1c(=O)n(CCOc2cccc(Br)c2)c2ccccc21. The van der Waals surface area contributed by atoms with Crippen molar-refractivity contribution in [2.24, 2.45) is 7.05 Å². The molecular weight excluding hydrogens is 332 g/mol. The zero-order chi connectivity index (χ0) is 14.8. The minimum absolute atomic E-state index is 0.0194. The van der Waals surface area contributed by atoms with E-state index in [9.17, 15) is 4.79 Å². The second kappa shape index (κ2) is 5.77. The van der Waals surface area contributed by atoms with Gasteiger partial charge in [0.25, 0.3) is 0 Å². The lowest BCUT2D eigenvalue weighted by atomic mass is 10.3. The van der Waals surface area contributed by atoms with E-state index in [4.69, 9.17) is 4.74 Å². The molecule has 0 fully saturated rings. The lowest BCUT2D eigenvalue weighted by Crippen LogP contribution is -2.24. The fourth-order valence-corrected chi connectivity index (χ4v) is 2.77. The molecule has 0 aliphatic heterocycles. The number of fused-ring (bicyclic) bond motifs is 1. The van der Waals surface area contributed by atoms with Gasteiger partial charge in [0.15, 0.2) is 0 Å². The van der Waals surface area contributed by atoms with Gasteiger partial charge in [0.2, 0.25) is 0 Å². The third-order valence-corrected chi connectivity index (χ3v) is 3.92. The van der Waals surface area contributed by atoms with Crippen LogP contribution in [0.2, 0.25) is 0 Å². The molecule has 0 radical (unpaired) electrons. The Morgan fingerprint density at radius 1 is 1.10 bits per heavy atom. The number of aromatic nitrogens is 2. The maximum absolute atomic E-state index is 12.2. The Morgan fingerprint density at radius 3 is 2.62 bits per heavy atom. The van der Waals surface area contributed by atoms with Crippen LogP contribution in [0.1, 0.15) is 0 Å². The van der Waals surface area contributed by atoms with Crippen molar-refractivity contribution in [1.82, 2.24) is 9.13 Å². The Kier molecular flexibility index (Phi) is 3.84. The number of hydrogen-bond acceptors (Lipinski definition) is 2. The highest BCUT2D eigenvalue weighted by molar-refractivity contribution is 9.10. The lowest BCUT2D eigenvalue weighted by Gasteiger charge is -2.07. The molecule has 0 atom stereocenters. The highest BCUT2D eigenvalue weighted by Crippen LogP contribution is 2.18. The van der Waals surface area contributed by atoms with Crippen LogP contribution in [0.4, 0.5) is 0 Å². The van der Waals surface area contributed by atoms with Gasteiger partial charge in [0.1, 0.15) is 12.4 Å². The van der Waals surface area contributed by atoms with Gasteiger partial charge in [-0.3, -0.25) is 9.13 Å². The predicted molar refractivity (Wildman–Crippen MR) is 86.8 cm³/mol. The van der Waals surface area contributed by atoms with Crippen molar-refractivity contribution in [1.29, 1.82) is 0 Å². The van der Waals surface area contributed by atoms with Crippen molar-refractivity contribution in [2.45, 2.75) is 6.54 Å². The first-order chi connectivity index (χ1) is 10.2. The molecule has 4 nitrogen and oxygen atoms in total. The van der Waals surface area contributed by atoms with Crippen molar-refractivity contribution in [2.75, 3.05) is 6.61 Å². The van der Waals surface area contributed by atoms with Crippen molar-refractivity contribution in [3.63, 3.8) is 0 Å². The number of benzene rings is 2. The molecule has 5 heteroatoms. The van der Waals surface area contributed by atoms with Gasteiger partial charge in [-0.2, -0.15) is 0 Å². The monoisotopic (exact) mass is 346 g/mol. The Hall–Kier alpha value is -2.01. The summed E-state index contributed by atoms with van der Waals surface area (Å²) in [5.74, 6) is 0.790. The molecule has 1 aromatic heterocycles. The molecule has 0 bridgehead atoms. The fraction of sp³-hybridized carbons (Fsp3) is 0.188. The summed E-state index contributed by atoms with van der Waals surface area (Å²) in [6, 6.07) is 15.4. The summed E-state index contributed by atoms with van der Waals surface area (Å²) in [4.78, 5) is 12.2. The molecule has 0 amide bonds. The summed E-state index contributed by atoms with van der Waals surface area (Å²) in [7, 11) is 1.79. The molecule has 0 aliphatic carbocycles. The maximum atomic E-state index is 12.2. The van der Waals surface area contributed by atoms with Gasteiger partial charge in [0, 0.05) is 11.5 Å². The summed E-state index contributed by atoms with van der Waals surface area (Å²) in [5.41, 5.74) is 1.85. The first-order valence-corrected chi connectivity index (χ1v) is 7.49. The molecule has 108 valence electrons. The van der Waals surface area contributed by atoms with Crippen molar-refractivity contribution < 1.29 is 4.74 Å². The minimum Gasteiger partial charge on any atom is -0.492 e. The van der Waals surface area contributed by atoms with Crippen molar-refractivity contribution >= 4 is 27.0 Å². The van der Waals surface area contributed by atoms with Crippen molar-refractivity contribution in [3.8, 4) is 5.75 Å². The summed E-state index contributed by atoms with van der Waals surface area (Å²) in [6.45, 7) is 0.969. The number of halogens is 1. The van der Waals surface area contributed by atoms with Crippen LogP contribution in [0.15, 0.2) is 57.8 Å². The highest BCUT2D eigenvalue weighted by Gasteiger charge is 2.09. The van der Waals surface area contributed by atoms with Crippen LogP contribution in [0.5, 0.6) is 5.75 Å². The first kappa shape index (κ1) is 13.9. The quantitative estimate of drug-likeness (QED) is 0.727. The van der Waals surface area contributed by atoms with Gasteiger partial charge in [-0.05, 0) is 30.3 Å². The van der Waals surface area contributed by atoms with E-state index in [0.29, 0.717) is 13.2 Å². The number of imidazole rings is 1. The smallest absolute Gasteiger partial charge is 0.328 e. The average Bonchev–Trinajstić information content (AvgIpc) is 2.73. The van der Waals surface area contributed by atoms with E-state index in [-0.39, 0.29) is 5.69 Å². The molecule has 21 heavy (non-hydrogen) atoms. The lowest BCUT2D eigenvalue weighted by molar-refractivity contribution is 0.298. The van der Waals surface area contributed by atoms with Crippen LogP contribution >= 0.6 is 15.9 Å². The molecule has 0 spiro atoms. The Bertz CT molecular complexity index is 836. The molecule has 0 aliphatic rings. The molecular formula is C16H15BrN2O2. The van der Waals surface area contributed by atoms with Crippen LogP contribution in [-0.4, -0.2) is 15.7 Å². The fourth-order valence-electron chi connectivity index (χ4n) is 2.39. The van der Waals surface area contributed by atoms with Gasteiger partial charge in [-0.15, -0.1) is 0 Å². The van der Waals surface area contributed by atoms with E-state index in [2.05, 4.69) is 15.9 Å². The first-order valence-electron chi connectivity index (χ1n) is 6.69. The number of ether oxygens (including phenoxy) is 1. The Morgan fingerprint density at radius 2 is 1.86 bits per heavy atom. The second-order valence-electron chi connectivity index (χ2n) is 4.79. The second-order valence-corrected chi connectivity index (χ2v) is 5.70. The maximum Gasteiger partial charge on any atom is 0.328 e. The van der Waals surface area contributed by atoms with Crippen molar-refractivity contribution in [3.05, 3.63) is 63.5 Å². The van der Waals surface area contributed by atoms with Gasteiger partial charge in [-0.1, -0.05) is 34.1 Å². The average molecular weight is 347 g/mol. The largest absolute Gasteiger partial charge is 0.492 e. The normalized spacial score (nSPS) is 11.0. The number of nitrogens with zero attached hydrogens (tertiary/aromatic N) is 2. The molecule has 0 N–H and O–H groups in total. The van der Waals surface area contributed by atoms with Crippen LogP contribution < -0.4 is 10.4 Å². The van der Waals surface area contributed by atoms with E-state index >= 15 is 0 Å². The highest BCUT2D eigenvalue weighted by atomic mass is 79.9. The summed E-state index contributed by atoms with van der Waals surface area (Å²) in [5, 5.41) is 0. The van der Waals surface area contributed by atoms with Gasteiger partial charge in [-0.25, -0.2) is 4.79 Å². The molecule has 0 unspecified atom stereocenters. The number of hydrogen-bond donors (Lipinski definition) is 0. The molecule has 3 rings (SSSR count). The van der Waals surface area contributed by atoms with E-state index in [1.165, 1.54) is 0 Å². The zero-order valence-electron chi connectivity index (χ0n) is 11.6. The van der Waals surface area contributed by atoms with Gasteiger partial charge >= 0.3 is 5.69 Å². The van der Waals surface area contributed by atoms with Crippen LogP contribution in [0.25, 0.3) is 11.0 Å². The minimum atomic E-state index is -0.0194. The van der Waals surface area contributed by atoms with Gasteiger partial charge < -0.3 is 4.74 Å². The standard InChI is InChI=1S/C16H15BrN2O2/c1-18-14-7-2-3-8-15(14)19(16(18)20)9-10-21-13-6-4-5-12(17)11-13/h2-8,11H,9-10H2,1H3. The molecule has 0 saturated carbocycles. The van der Waals surface area contributed by atoms with E-state index < -0.39 is 0 Å². The molecule has 1 heterocycles. The van der Waals surface area contributed by atoms with E-state index in [0.717, 1.165) is 21.3 Å². The molecule has 2 aromatic carbocycles. The predicted octanol–water partition coefficient (Wildman–Crippen LogP) is 3.18. The number of rotatable bonds is 4. The van der Waals surface area contributed by atoms with Crippen LogP contribution in [-0.2, 0) is 13.6 Å². The molecule has 0 saturated heterocycles. The number of aryl methyl sites for hydroxylation is 1. The number of para-hydroxylation sites is 2. The topological polar surface area (TPSA) is 36.2 Å². The summed E-state index contributed by atoms with van der Waals surface area (Å²) < 4.78 is 10.1. The Labute approximate surface area is 130 Å². The van der Waals surface area contributed by atoms with Crippen LogP contribution in [0, 0.1) is 0 Å².